The number of benzene rings is 2. The normalized spacial score (nSPS) is 11.8. The van der Waals surface area contributed by atoms with Crippen LogP contribution in [0.25, 0.3) is 11.4 Å². The molecule has 0 bridgehead atoms. The number of thioether (sulfide) groups is 1. The highest BCUT2D eigenvalue weighted by molar-refractivity contribution is 8.00. The third-order valence-electron chi connectivity index (χ3n) is 4.16. The first-order valence-electron chi connectivity index (χ1n) is 9.17. The molecule has 0 aliphatic carbocycles. The van der Waals surface area contributed by atoms with Crippen LogP contribution in [0.15, 0.2) is 72.4 Å². The van der Waals surface area contributed by atoms with Gasteiger partial charge in [-0.2, -0.15) is 0 Å². The van der Waals surface area contributed by atoms with E-state index in [0.29, 0.717) is 23.9 Å². The first-order valence-corrected chi connectivity index (χ1v) is 10.0. The molecule has 3 aromatic rings. The molecule has 0 radical (unpaired) electrons. The minimum Gasteiger partial charge on any atom is -0.494 e. The number of Topliss-reactive ketones (excluding diaryl/α,β-unsaturated/α-hetero) is 1. The minimum atomic E-state index is -0.297. The van der Waals surface area contributed by atoms with E-state index in [4.69, 9.17) is 4.74 Å². The minimum absolute atomic E-state index is 0.0439. The van der Waals surface area contributed by atoms with Gasteiger partial charge in [-0.05, 0) is 38.1 Å². The summed E-state index contributed by atoms with van der Waals surface area (Å²) in [6.45, 7) is 8.82. The molecule has 28 heavy (non-hydrogen) atoms. The smallest absolute Gasteiger partial charge is 0.192 e. The molecule has 0 aliphatic heterocycles. The summed E-state index contributed by atoms with van der Waals surface area (Å²) < 4.78 is 7.42. The van der Waals surface area contributed by atoms with Crippen molar-refractivity contribution >= 4 is 17.5 Å². The fraction of sp³-hybridized carbons (Fsp3) is 0.227. The van der Waals surface area contributed by atoms with Crippen LogP contribution in [0.5, 0.6) is 5.75 Å². The molecule has 0 fully saturated rings. The Balaban J connectivity index is 1.79. The molecule has 144 valence electrons. The van der Waals surface area contributed by atoms with E-state index < -0.39 is 0 Å². The molecule has 1 atom stereocenters. The Bertz CT molecular complexity index is 936. The van der Waals surface area contributed by atoms with Crippen molar-refractivity contribution in [2.45, 2.75) is 30.8 Å². The first kappa shape index (κ1) is 19.9. The second kappa shape index (κ2) is 9.37. The van der Waals surface area contributed by atoms with Gasteiger partial charge in [-0.15, -0.1) is 16.8 Å². The van der Waals surface area contributed by atoms with Crippen molar-refractivity contribution in [3.05, 3.63) is 72.8 Å². The van der Waals surface area contributed by atoms with Crippen molar-refractivity contribution in [3.63, 3.8) is 0 Å². The third kappa shape index (κ3) is 4.51. The lowest BCUT2D eigenvalue weighted by molar-refractivity contribution is 0.0994. The summed E-state index contributed by atoms with van der Waals surface area (Å²) in [4.78, 5) is 12.8. The van der Waals surface area contributed by atoms with Gasteiger partial charge in [0.15, 0.2) is 16.8 Å². The summed E-state index contributed by atoms with van der Waals surface area (Å²) in [5.41, 5.74) is 1.63. The predicted molar refractivity (Wildman–Crippen MR) is 113 cm³/mol. The molecule has 0 unspecified atom stereocenters. The molecule has 0 amide bonds. The van der Waals surface area contributed by atoms with Crippen LogP contribution in [0.4, 0.5) is 0 Å². The van der Waals surface area contributed by atoms with Crippen molar-refractivity contribution < 1.29 is 9.53 Å². The summed E-state index contributed by atoms with van der Waals surface area (Å²) in [7, 11) is 0. The number of hydrogen-bond donors (Lipinski definition) is 0. The highest BCUT2D eigenvalue weighted by atomic mass is 32.2. The topological polar surface area (TPSA) is 57.0 Å². The Morgan fingerprint density at radius 1 is 1.18 bits per heavy atom. The molecule has 0 aliphatic rings. The van der Waals surface area contributed by atoms with Crippen LogP contribution in [0.2, 0.25) is 0 Å². The van der Waals surface area contributed by atoms with Gasteiger partial charge in [0.05, 0.1) is 11.9 Å². The fourth-order valence-corrected chi connectivity index (χ4v) is 3.73. The van der Waals surface area contributed by atoms with Crippen molar-refractivity contribution in [2.24, 2.45) is 0 Å². The Kier molecular flexibility index (Phi) is 6.66. The van der Waals surface area contributed by atoms with Crippen molar-refractivity contribution in [3.8, 4) is 17.1 Å². The maximum Gasteiger partial charge on any atom is 0.192 e. The standard InChI is InChI=1S/C22H23N3O2S/c1-4-15-25-21(18-9-7-6-8-10-18)23-24-22(25)28-16(3)20(26)17-11-13-19(14-12-17)27-5-2/h4,6-14,16H,1,5,15H2,2-3H3/t16-/m0/s1. The molecule has 6 heteroatoms. The number of ketones is 1. The summed E-state index contributed by atoms with van der Waals surface area (Å²) >= 11 is 1.40. The largest absolute Gasteiger partial charge is 0.494 e. The summed E-state index contributed by atoms with van der Waals surface area (Å²) in [6.07, 6.45) is 1.80. The van der Waals surface area contributed by atoms with E-state index in [9.17, 15) is 4.79 Å². The summed E-state index contributed by atoms with van der Waals surface area (Å²) in [5, 5.41) is 9.06. The quantitative estimate of drug-likeness (QED) is 0.294. The van der Waals surface area contributed by atoms with Crippen LogP contribution >= 0.6 is 11.8 Å². The van der Waals surface area contributed by atoms with Crippen LogP contribution in [0.3, 0.4) is 0 Å². The predicted octanol–water partition coefficient (Wildman–Crippen LogP) is 4.89. The lowest BCUT2D eigenvalue weighted by atomic mass is 10.1. The van der Waals surface area contributed by atoms with E-state index in [1.807, 2.05) is 60.9 Å². The van der Waals surface area contributed by atoms with Crippen LogP contribution in [-0.2, 0) is 6.54 Å². The summed E-state index contributed by atoms with van der Waals surface area (Å²) in [5.74, 6) is 1.57. The van der Waals surface area contributed by atoms with Crippen LogP contribution in [0.1, 0.15) is 24.2 Å². The zero-order valence-electron chi connectivity index (χ0n) is 16.0. The molecule has 3 rings (SSSR count). The Morgan fingerprint density at radius 2 is 1.89 bits per heavy atom. The Labute approximate surface area is 169 Å². The van der Waals surface area contributed by atoms with E-state index >= 15 is 0 Å². The number of hydrogen-bond acceptors (Lipinski definition) is 5. The number of rotatable bonds is 9. The molecular formula is C22H23N3O2S. The third-order valence-corrected chi connectivity index (χ3v) is 5.24. The monoisotopic (exact) mass is 393 g/mol. The van der Waals surface area contributed by atoms with Gasteiger partial charge >= 0.3 is 0 Å². The van der Waals surface area contributed by atoms with Gasteiger partial charge in [0.1, 0.15) is 5.75 Å². The average Bonchev–Trinajstić information content (AvgIpc) is 3.11. The number of allylic oxidation sites excluding steroid dienone is 1. The van der Waals surface area contributed by atoms with Crippen molar-refractivity contribution in [2.75, 3.05) is 6.61 Å². The highest BCUT2D eigenvalue weighted by Gasteiger charge is 2.21. The molecule has 0 saturated carbocycles. The molecule has 0 N–H and O–H groups in total. The zero-order valence-corrected chi connectivity index (χ0v) is 16.9. The second-order valence-electron chi connectivity index (χ2n) is 6.15. The number of aromatic nitrogens is 3. The van der Waals surface area contributed by atoms with Gasteiger partial charge < -0.3 is 4.74 Å². The van der Waals surface area contributed by atoms with Gasteiger partial charge in [-0.3, -0.25) is 9.36 Å². The number of carbonyl (C=O) groups is 1. The highest BCUT2D eigenvalue weighted by Crippen LogP contribution is 2.28. The van der Waals surface area contributed by atoms with Gasteiger partial charge in [0, 0.05) is 17.7 Å². The lowest BCUT2D eigenvalue weighted by Gasteiger charge is -2.12. The number of nitrogens with zero attached hydrogens (tertiary/aromatic N) is 3. The van der Waals surface area contributed by atoms with Gasteiger partial charge in [-0.1, -0.05) is 48.2 Å². The van der Waals surface area contributed by atoms with Crippen LogP contribution in [-0.4, -0.2) is 32.4 Å². The summed E-state index contributed by atoms with van der Waals surface area (Å²) in [6, 6.07) is 17.1. The molecule has 2 aromatic carbocycles. The number of carbonyl (C=O) groups excluding carboxylic acids is 1. The maximum atomic E-state index is 12.8. The van der Waals surface area contributed by atoms with Gasteiger partial charge in [-0.25, -0.2) is 0 Å². The Morgan fingerprint density at radius 3 is 2.54 bits per heavy atom. The lowest BCUT2D eigenvalue weighted by Crippen LogP contribution is -2.15. The molecule has 1 heterocycles. The molecule has 5 nitrogen and oxygen atoms in total. The van der Waals surface area contributed by atoms with E-state index in [1.54, 1.807) is 18.2 Å². The van der Waals surface area contributed by atoms with E-state index in [1.165, 1.54) is 11.8 Å². The molecule has 0 spiro atoms. The van der Waals surface area contributed by atoms with Crippen molar-refractivity contribution in [1.29, 1.82) is 0 Å². The van der Waals surface area contributed by atoms with Crippen LogP contribution < -0.4 is 4.74 Å². The molecule has 0 saturated heterocycles. The molecular weight excluding hydrogens is 370 g/mol. The first-order chi connectivity index (χ1) is 13.6. The number of ether oxygens (including phenoxy) is 1. The van der Waals surface area contributed by atoms with Crippen LogP contribution in [0, 0.1) is 0 Å². The second-order valence-corrected chi connectivity index (χ2v) is 7.46. The van der Waals surface area contributed by atoms with E-state index in [2.05, 4.69) is 16.8 Å². The maximum absolute atomic E-state index is 12.8. The Hall–Kier alpha value is -2.86. The molecule has 1 aromatic heterocycles. The fourth-order valence-electron chi connectivity index (χ4n) is 2.80. The zero-order chi connectivity index (χ0) is 19.9. The average molecular weight is 394 g/mol. The van der Waals surface area contributed by atoms with Crippen molar-refractivity contribution in [1.82, 2.24) is 14.8 Å². The van der Waals surface area contributed by atoms with Gasteiger partial charge in [0.2, 0.25) is 0 Å². The SMILES string of the molecule is C=CCn1c(S[C@@H](C)C(=O)c2ccc(OCC)cc2)nnc1-c1ccccc1. The van der Waals surface area contributed by atoms with E-state index in [-0.39, 0.29) is 11.0 Å². The van der Waals surface area contributed by atoms with E-state index in [0.717, 1.165) is 17.1 Å². The van der Waals surface area contributed by atoms with Gasteiger partial charge in [0.25, 0.3) is 0 Å².